The maximum Gasteiger partial charge on any atom is 0.313 e. The molecule has 1 saturated carbocycles. The van der Waals surface area contributed by atoms with Crippen LogP contribution in [0.15, 0.2) is 11.6 Å². The van der Waals surface area contributed by atoms with Gasteiger partial charge in [-0.2, -0.15) is 0 Å². The van der Waals surface area contributed by atoms with Gasteiger partial charge in [-0.25, -0.2) is 0 Å². The summed E-state index contributed by atoms with van der Waals surface area (Å²) in [5.41, 5.74) is 0.615. The highest BCUT2D eigenvalue weighted by Crippen LogP contribution is 2.27. The summed E-state index contributed by atoms with van der Waals surface area (Å²) in [4.78, 5) is 24.0. The number of carbonyl (C=O) groups excluding carboxylic acids is 2. The van der Waals surface area contributed by atoms with Gasteiger partial charge in [-0.1, -0.05) is 25.3 Å². The third-order valence-electron chi connectivity index (χ3n) is 4.12. The number of esters is 1. The predicted molar refractivity (Wildman–Crippen MR) is 72.5 cm³/mol. The Labute approximate surface area is 114 Å². The van der Waals surface area contributed by atoms with Crippen molar-refractivity contribution < 1.29 is 14.3 Å². The number of hydrogen-bond donors (Lipinski definition) is 1. The molecule has 0 heterocycles. The maximum atomic E-state index is 12.3. The summed E-state index contributed by atoms with van der Waals surface area (Å²) in [7, 11) is 1.38. The third kappa shape index (κ3) is 3.58. The number of amides is 1. The number of nitrogens with one attached hydrogen (secondary N) is 1. The Kier molecular flexibility index (Phi) is 5.00. The van der Waals surface area contributed by atoms with Crippen molar-refractivity contribution in [3.63, 3.8) is 0 Å². The van der Waals surface area contributed by atoms with Crippen LogP contribution in [0.5, 0.6) is 0 Å². The Morgan fingerprint density at radius 3 is 2.58 bits per heavy atom. The predicted octanol–water partition coefficient (Wildman–Crippen LogP) is 2.33. The summed E-state index contributed by atoms with van der Waals surface area (Å²) in [6, 6.07) is 0.280. The van der Waals surface area contributed by atoms with Crippen LogP contribution in [-0.2, 0) is 14.3 Å². The summed E-state index contributed by atoms with van der Waals surface area (Å²) in [6.07, 6.45) is 10.2. The molecular formula is C15H23NO3. The molecule has 19 heavy (non-hydrogen) atoms. The molecule has 1 amide bonds. The molecule has 0 aromatic heterocycles. The molecule has 1 fully saturated rings. The smallest absolute Gasteiger partial charge is 0.313 e. The zero-order valence-electron chi connectivity index (χ0n) is 11.6. The topological polar surface area (TPSA) is 55.4 Å². The number of carbonyl (C=O) groups is 2. The Bertz CT molecular complexity index is 370. The molecule has 0 radical (unpaired) electrons. The second-order valence-electron chi connectivity index (χ2n) is 5.47. The first-order valence-electron chi connectivity index (χ1n) is 7.31. The van der Waals surface area contributed by atoms with E-state index < -0.39 is 0 Å². The van der Waals surface area contributed by atoms with Gasteiger partial charge in [0.1, 0.15) is 0 Å². The molecule has 0 aromatic carbocycles. The molecule has 1 N–H and O–H groups in total. The van der Waals surface area contributed by atoms with E-state index in [9.17, 15) is 9.59 Å². The fraction of sp³-hybridized carbons (Fsp3) is 0.733. The van der Waals surface area contributed by atoms with Gasteiger partial charge < -0.3 is 10.1 Å². The first kappa shape index (κ1) is 14.1. The third-order valence-corrected chi connectivity index (χ3v) is 4.12. The van der Waals surface area contributed by atoms with Gasteiger partial charge in [0, 0.05) is 11.6 Å². The van der Waals surface area contributed by atoms with Gasteiger partial charge in [0.15, 0.2) is 0 Å². The van der Waals surface area contributed by atoms with Crippen molar-refractivity contribution in [2.24, 2.45) is 5.92 Å². The van der Waals surface area contributed by atoms with Crippen LogP contribution >= 0.6 is 0 Å². The second-order valence-corrected chi connectivity index (χ2v) is 5.47. The molecule has 0 spiro atoms. The van der Waals surface area contributed by atoms with Crippen molar-refractivity contribution in [3.8, 4) is 0 Å². The molecular weight excluding hydrogens is 242 g/mol. The highest BCUT2D eigenvalue weighted by atomic mass is 16.5. The summed E-state index contributed by atoms with van der Waals surface area (Å²) >= 11 is 0. The Hall–Kier alpha value is -1.32. The van der Waals surface area contributed by atoms with Crippen LogP contribution in [0.4, 0.5) is 0 Å². The fourth-order valence-electron chi connectivity index (χ4n) is 3.03. The number of ether oxygens (including phenoxy) is 1. The van der Waals surface area contributed by atoms with Crippen molar-refractivity contribution in [3.05, 3.63) is 11.6 Å². The standard InChI is InChI=1S/C15H23NO3/c1-19-15(18)13-10-6-5-9-12(13)14(17)16-11-7-3-2-4-8-11/h9,11,13H,2-8,10H2,1H3,(H,16,17). The van der Waals surface area contributed by atoms with Gasteiger partial charge in [0.05, 0.1) is 13.0 Å². The van der Waals surface area contributed by atoms with E-state index in [4.69, 9.17) is 4.74 Å². The van der Waals surface area contributed by atoms with Crippen LogP contribution in [-0.4, -0.2) is 25.0 Å². The van der Waals surface area contributed by atoms with Crippen LogP contribution in [0.2, 0.25) is 0 Å². The van der Waals surface area contributed by atoms with E-state index in [2.05, 4.69) is 5.32 Å². The van der Waals surface area contributed by atoms with Crippen LogP contribution in [0.25, 0.3) is 0 Å². The molecule has 2 rings (SSSR count). The van der Waals surface area contributed by atoms with E-state index in [1.807, 2.05) is 6.08 Å². The second kappa shape index (κ2) is 6.73. The molecule has 2 aliphatic carbocycles. The zero-order valence-corrected chi connectivity index (χ0v) is 11.6. The first-order chi connectivity index (χ1) is 9.22. The Morgan fingerprint density at radius 1 is 1.16 bits per heavy atom. The Balaban J connectivity index is 1.99. The highest BCUT2D eigenvalue weighted by Gasteiger charge is 2.31. The normalized spacial score (nSPS) is 24.5. The quantitative estimate of drug-likeness (QED) is 0.797. The molecule has 106 valence electrons. The van der Waals surface area contributed by atoms with Crippen molar-refractivity contribution in [2.45, 2.75) is 57.4 Å². The van der Waals surface area contributed by atoms with E-state index in [1.54, 1.807) is 0 Å². The lowest BCUT2D eigenvalue weighted by Crippen LogP contribution is -2.40. The minimum atomic E-state index is -0.373. The molecule has 0 bridgehead atoms. The summed E-state index contributed by atoms with van der Waals surface area (Å²) in [5.74, 6) is -0.728. The largest absolute Gasteiger partial charge is 0.469 e. The van der Waals surface area contributed by atoms with Crippen molar-refractivity contribution in [2.75, 3.05) is 7.11 Å². The van der Waals surface area contributed by atoms with Crippen LogP contribution in [0, 0.1) is 5.92 Å². The average molecular weight is 265 g/mol. The Morgan fingerprint density at radius 2 is 1.89 bits per heavy atom. The molecule has 2 aliphatic rings. The van der Waals surface area contributed by atoms with Gasteiger partial charge in [0.2, 0.25) is 5.91 Å². The molecule has 0 aliphatic heterocycles. The number of methoxy groups -OCH3 is 1. The molecule has 1 atom stereocenters. The molecule has 1 unspecified atom stereocenters. The lowest BCUT2D eigenvalue weighted by atomic mass is 9.86. The van der Waals surface area contributed by atoms with Crippen LogP contribution in [0.3, 0.4) is 0 Å². The van der Waals surface area contributed by atoms with Gasteiger partial charge in [-0.15, -0.1) is 0 Å². The van der Waals surface area contributed by atoms with Crippen molar-refractivity contribution in [1.82, 2.24) is 5.32 Å². The minimum Gasteiger partial charge on any atom is -0.469 e. The van der Waals surface area contributed by atoms with Crippen molar-refractivity contribution in [1.29, 1.82) is 0 Å². The maximum absolute atomic E-state index is 12.3. The lowest BCUT2D eigenvalue weighted by molar-refractivity contribution is -0.145. The SMILES string of the molecule is COC(=O)C1CCCC=C1C(=O)NC1CCCCC1. The highest BCUT2D eigenvalue weighted by molar-refractivity contribution is 5.99. The molecule has 4 nitrogen and oxygen atoms in total. The summed E-state index contributed by atoms with van der Waals surface area (Å²) < 4.78 is 4.80. The molecule has 4 heteroatoms. The van der Waals surface area contributed by atoms with E-state index in [-0.39, 0.29) is 23.8 Å². The number of allylic oxidation sites excluding steroid dienone is 1. The van der Waals surface area contributed by atoms with Crippen molar-refractivity contribution >= 4 is 11.9 Å². The van der Waals surface area contributed by atoms with Crippen LogP contribution in [0.1, 0.15) is 51.4 Å². The number of hydrogen-bond acceptors (Lipinski definition) is 3. The number of rotatable bonds is 3. The fourth-order valence-corrected chi connectivity index (χ4v) is 3.03. The van der Waals surface area contributed by atoms with E-state index in [1.165, 1.54) is 26.4 Å². The van der Waals surface area contributed by atoms with E-state index >= 15 is 0 Å². The van der Waals surface area contributed by atoms with E-state index in [0.717, 1.165) is 32.1 Å². The summed E-state index contributed by atoms with van der Waals surface area (Å²) in [5, 5.41) is 3.08. The van der Waals surface area contributed by atoms with Gasteiger partial charge in [-0.3, -0.25) is 9.59 Å². The minimum absolute atomic E-state index is 0.0676. The van der Waals surface area contributed by atoms with E-state index in [0.29, 0.717) is 5.57 Å². The summed E-state index contributed by atoms with van der Waals surface area (Å²) in [6.45, 7) is 0. The first-order valence-corrected chi connectivity index (χ1v) is 7.31. The molecule has 0 aromatic rings. The van der Waals surface area contributed by atoms with Gasteiger partial charge in [0.25, 0.3) is 0 Å². The molecule has 0 saturated heterocycles. The van der Waals surface area contributed by atoms with Crippen LogP contribution < -0.4 is 5.32 Å². The zero-order chi connectivity index (χ0) is 13.7. The average Bonchev–Trinajstić information content (AvgIpc) is 2.47. The lowest BCUT2D eigenvalue weighted by Gasteiger charge is -2.26. The van der Waals surface area contributed by atoms with Gasteiger partial charge >= 0.3 is 5.97 Å². The van der Waals surface area contributed by atoms with Gasteiger partial charge in [-0.05, 0) is 32.1 Å². The monoisotopic (exact) mass is 265 g/mol.